The monoisotopic (exact) mass is 238 g/mol. The van der Waals surface area contributed by atoms with E-state index in [1.165, 1.54) is 29.2 Å². The lowest BCUT2D eigenvalue weighted by Crippen LogP contribution is -2.01. The van der Waals surface area contributed by atoms with Crippen LogP contribution in [0.2, 0.25) is 0 Å². The van der Waals surface area contributed by atoms with Gasteiger partial charge in [-0.25, -0.2) is 18.6 Å². The van der Waals surface area contributed by atoms with E-state index in [2.05, 4.69) is 4.98 Å². The van der Waals surface area contributed by atoms with Crippen LogP contribution in [-0.4, -0.2) is 20.6 Å². The number of halogens is 2. The van der Waals surface area contributed by atoms with Gasteiger partial charge in [-0.3, -0.25) is 0 Å². The van der Waals surface area contributed by atoms with Crippen molar-refractivity contribution in [2.24, 2.45) is 0 Å². The standard InChI is InChI=1S/C11H8F2N2O2/c12-8-3-1-2-7(10(8)13)4-15-5-9(11(16)17)14-6-15/h1-3,5-6H,4H2,(H,16,17). The van der Waals surface area contributed by atoms with Gasteiger partial charge in [0.2, 0.25) is 0 Å². The second-order valence-electron chi connectivity index (χ2n) is 3.45. The Balaban J connectivity index is 2.25. The number of aromatic carboxylic acids is 1. The summed E-state index contributed by atoms with van der Waals surface area (Å²) in [6, 6.07) is 3.84. The van der Waals surface area contributed by atoms with Crippen molar-refractivity contribution < 1.29 is 18.7 Å². The van der Waals surface area contributed by atoms with Gasteiger partial charge in [-0.15, -0.1) is 0 Å². The SMILES string of the molecule is O=C(O)c1cn(Cc2cccc(F)c2F)cn1. The van der Waals surface area contributed by atoms with Crippen LogP contribution in [0.3, 0.4) is 0 Å². The molecule has 0 saturated carbocycles. The Labute approximate surface area is 95.1 Å². The molecule has 17 heavy (non-hydrogen) atoms. The Bertz CT molecular complexity index is 566. The lowest BCUT2D eigenvalue weighted by Gasteiger charge is -2.04. The maximum Gasteiger partial charge on any atom is 0.356 e. The van der Waals surface area contributed by atoms with Crippen LogP contribution in [0.5, 0.6) is 0 Å². The predicted octanol–water partition coefficient (Wildman–Crippen LogP) is 1.91. The minimum Gasteiger partial charge on any atom is -0.476 e. The van der Waals surface area contributed by atoms with Gasteiger partial charge in [0.15, 0.2) is 17.3 Å². The Kier molecular flexibility index (Phi) is 2.86. The summed E-state index contributed by atoms with van der Waals surface area (Å²) in [5, 5.41) is 8.65. The zero-order valence-corrected chi connectivity index (χ0v) is 8.60. The predicted molar refractivity (Wildman–Crippen MR) is 54.6 cm³/mol. The van der Waals surface area contributed by atoms with E-state index < -0.39 is 17.6 Å². The molecule has 6 heteroatoms. The Morgan fingerprint density at radius 3 is 2.82 bits per heavy atom. The summed E-state index contributed by atoms with van der Waals surface area (Å²) in [6.45, 7) is 0.0316. The fraction of sp³-hybridized carbons (Fsp3) is 0.0909. The van der Waals surface area contributed by atoms with Gasteiger partial charge in [0, 0.05) is 11.8 Å². The maximum absolute atomic E-state index is 13.3. The highest BCUT2D eigenvalue weighted by molar-refractivity contribution is 5.84. The molecule has 0 unspecified atom stereocenters. The summed E-state index contributed by atoms with van der Waals surface area (Å²) >= 11 is 0. The van der Waals surface area contributed by atoms with Crippen LogP contribution in [0, 0.1) is 11.6 Å². The van der Waals surface area contributed by atoms with Crippen molar-refractivity contribution in [3.05, 3.63) is 53.6 Å². The number of carbonyl (C=O) groups is 1. The van der Waals surface area contributed by atoms with Crippen molar-refractivity contribution in [3.63, 3.8) is 0 Å². The van der Waals surface area contributed by atoms with Crippen molar-refractivity contribution in [1.29, 1.82) is 0 Å². The summed E-state index contributed by atoms with van der Waals surface area (Å²) in [6.07, 6.45) is 2.51. The van der Waals surface area contributed by atoms with E-state index in [4.69, 9.17) is 5.11 Å². The highest BCUT2D eigenvalue weighted by Gasteiger charge is 2.10. The van der Waals surface area contributed by atoms with E-state index in [1.807, 2.05) is 0 Å². The number of hydrogen-bond acceptors (Lipinski definition) is 2. The number of imidazole rings is 1. The maximum atomic E-state index is 13.3. The van der Waals surface area contributed by atoms with E-state index in [9.17, 15) is 13.6 Å². The van der Waals surface area contributed by atoms with E-state index >= 15 is 0 Å². The summed E-state index contributed by atoms with van der Waals surface area (Å²) in [7, 11) is 0. The van der Waals surface area contributed by atoms with Gasteiger partial charge in [-0.1, -0.05) is 12.1 Å². The zero-order valence-electron chi connectivity index (χ0n) is 8.60. The molecule has 2 aromatic rings. The normalized spacial score (nSPS) is 10.5. The van der Waals surface area contributed by atoms with Gasteiger partial charge in [0.05, 0.1) is 12.9 Å². The highest BCUT2D eigenvalue weighted by atomic mass is 19.2. The molecule has 0 radical (unpaired) electrons. The number of aromatic nitrogens is 2. The smallest absolute Gasteiger partial charge is 0.356 e. The van der Waals surface area contributed by atoms with Crippen LogP contribution in [0.15, 0.2) is 30.7 Å². The lowest BCUT2D eigenvalue weighted by atomic mass is 10.2. The van der Waals surface area contributed by atoms with Crippen molar-refractivity contribution in [3.8, 4) is 0 Å². The molecule has 88 valence electrons. The topological polar surface area (TPSA) is 55.1 Å². The van der Waals surface area contributed by atoms with Crippen molar-refractivity contribution in [2.45, 2.75) is 6.54 Å². The number of hydrogen-bond donors (Lipinski definition) is 1. The summed E-state index contributed by atoms with van der Waals surface area (Å²) in [5.41, 5.74) is 0.00106. The molecule has 0 amide bonds. The van der Waals surface area contributed by atoms with Gasteiger partial charge in [-0.05, 0) is 6.07 Å². The number of benzene rings is 1. The molecule has 0 saturated heterocycles. The largest absolute Gasteiger partial charge is 0.476 e. The molecule has 1 N–H and O–H groups in total. The van der Waals surface area contributed by atoms with Gasteiger partial charge < -0.3 is 9.67 Å². The first-order valence-electron chi connectivity index (χ1n) is 4.76. The van der Waals surface area contributed by atoms with Crippen molar-refractivity contribution in [2.75, 3.05) is 0 Å². The molecule has 4 nitrogen and oxygen atoms in total. The zero-order chi connectivity index (χ0) is 12.4. The molecule has 0 bridgehead atoms. The van der Waals surface area contributed by atoms with Gasteiger partial charge in [0.1, 0.15) is 0 Å². The molecule has 0 spiro atoms. The Morgan fingerprint density at radius 1 is 1.41 bits per heavy atom. The second-order valence-corrected chi connectivity index (χ2v) is 3.45. The first kappa shape index (κ1) is 11.3. The Hall–Kier alpha value is -2.24. The molecule has 0 aliphatic carbocycles. The van der Waals surface area contributed by atoms with E-state index in [0.717, 1.165) is 6.07 Å². The van der Waals surface area contributed by atoms with Crippen LogP contribution >= 0.6 is 0 Å². The second kappa shape index (κ2) is 4.32. The summed E-state index contributed by atoms with van der Waals surface area (Å²) in [5.74, 6) is -3.03. The molecule has 2 rings (SSSR count). The van der Waals surface area contributed by atoms with E-state index in [-0.39, 0.29) is 17.8 Å². The third kappa shape index (κ3) is 2.30. The fourth-order valence-corrected chi connectivity index (χ4v) is 1.42. The average Bonchev–Trinajstić information content (AvgIpc) is 2.73. The Morgan fingerprint density at radius 2 is 2.18 bits per heavy atom. The lowest BCUT2D eigenvalue weighted by molar-refractivity contribution is 0.0691. The average molecular weight is 238 g/mol. The fourth-order valence-electron chi connectivity index (χ4n) is 1.42. The van der Waals surface area contributed by atoms with Crippen LogP contribution in [0.1, 0.15) is 16.1 Å². The van der Waals surface area contributed by atoms with E-state index in [0.29, 0.717) is 0 Å². The first-order chi connectivity index (χ1) is 8.08. The number of rotatable bonds is 3. The third-order valence-corrected chi connectivity index (χ3v) is 2.24. The molecule has 1 aromatic heterocycles. The van der Waals surface area contributed by atoms with E-state index in [1.54, 1.807) is 0 Å². The van der Waals surface area contributed by atoms with Crippen LogP contribution in [0.4, 0.5) is 8.78 Å². The number of nitrogens with zero attached hydrogens (tertiary/aromatic N) is 2. The van der Waals surface area contributed by atoms with Crippen LogP contribution in [-0.2, 0) is 6.54 Å². The molecule has 1 aromatic carbocycles. The third-order valence-electron chi connectivity index (χ3n) is 2.24. The quantitative estimate of drug-likeness (QED) is 0.888. The van der Waals surface area contributed by atoms with Crippen molar-refractivity contribution >= 4 is 5.97 Å². The molecular weight excluding hydrogens is 230 g/mol. The molecular formula is C11H8F2N2O2. The highest BCUT2D eigenvalue weighted by Crippen LogP contribution is 2.13. The molecule has 0 atom stereocenters. The minimum absolute atomic E-state index is 0.0316. The van der Waals surface area contributed by atoms with Crippen molar-refractivity contribution in [1.82, 2.24) is 9.55 Å². The molecule has 0 aliphatic heterocycles. The first-order valence-corrected chi connectivity index (χ1v) is 4.76. The summed E-state index contributed by atoms with van der Waals surface area (Å²) in [4.78, 5) is 14.2. The molecule has 0 fully saturated rings. The summed E-state index contributed by atoms with van der Waals surface area (Å²) < 4.78 is 27.6. The minimum atomic E-state index is -1.16. The molecule has 1 heterocycles. The number of carboxylic acids is 1. The van der Waals surface area contributed by atoms with Crippen LogP contribution in [0.25, 0.3) is 0 Å². The number of carboxylic acid groups (broad SMARTS) is 1. The van der Waals surface area contributed by atoms with Gasteiger partial charge in [-0.2, -0.15) is 0 Å². The van der Waals surface area contributed by atoms with Gasteiger partial charge >= 0.3 is 5.97 Å². The van der Waals surface area contributed by atoms with Crippen LogP contribution < -0.4 is 0 Å². The molecule has 0 aliphatic rings. The van der Waals surface area contributed by atoms with Gasteiger partial charge in [0.25, 0.3) is 0 Å².